The fourth-order valence-electron chi connectivity index (χ4n) is 2.85. The molecule has 5 heteroatoms. The zero-order valence-electron chi connectivity index (χ0n) is 15.2. The van der Waals surface area contributed by atoms with Crippen LogP contribution in [0.25, 0.3) is 5.69 Å². The summed E-state index contributed by atoms with van der Waals surface area (Å²) in [4.78, 5) is 12.1. The molecule has 0 spiro atoms. The first kappa shape index (κ1) is 17.9. The molecule has 1 heterocycles. The summed E-state index contributed by atoms with van der Waals surface area (Å²) in [6, 6.07) is 14.8. The minimum Gasteiger partial charge on any atom is -0.326 e. The van der Waals surface area contributed by atoms with Crippen LogP contribution in [-0.2, 0) is 11.2 Å². The van der Waals surface area contributed by atoms with Crippen molar-refractivity contribution >= 4 is 11.6 Å². The highest BCUT2D eigenvalue weighted by Crippen LogP contribution is 2.16. The van der Waals surface area contributed by atoms with Crippen molar-refractivity contribution in [3.8, 4) is 5.69 Å². The molecule has 4 nitrogen and oxygen atoms in total. The minimum absolute atomic E-state index is 0.129. The SMILES string of the molecule is Cc1cc(C)n(-c2ccc(CCC(=O)Nc3ccc(C)c(F)c3)cc2)n1. The molecule has 0 atom stereocenters. The van der Waals surface area contributed by atoms with Gasteiger partial charge in [-0.3, -0.25) is 4.79 Å². The minimum atomic E-state index is -0.317. The van der Waals surface area contributed by atoms with E-state index in [0.717, 1.165) is 22.6 Å². The van der Waals surface area contributed by atoms with Crippen molar-refractivity contribution in [1.82, 2.24) is 9.78 Å². The zero-order chi connectivity index (χ0) is 18.7. The van der Waals surface area contributed by atoms with Crippen LogP contribution >= 0.6 is 0 Å². The van der Waals surface area contributed by atoms with Crippen molar-refractivity contribution in [3.63, 3.8) is 0 Å². The number of carbonyl (C=O) groups excluding carboxylic acids is 1. The maximum Gasteiger partial charge on any atom is 0.224 e. The average Bonchev–Trinajstić information content (AvgIpc) is 2.95. The molecule has 26 heavy (non-hydrogen) atoms. The number of anilines is 1. The van der Waals surface area contributed by atoms with Gasteiger partial charge in [0.25, 0.3) is 0 Å². The second kappa shape index (κ2) is 7.52. The lowest BCUT2D eigenvalue weighted by atomic mass is 10.1. The summed E-state index contributed by atoms with van der Waals surface area (Å²) >= 11 is 0. The number of halogens is 1. The molecule has 0 aliphatic heterocycles. The molecule has 0 saturated carbocycles. The number of hydrogen-bond acceptors (Lipinski definition) is 2. The molecular formula is C21H22FN3O. The average molecular weight is 351 g/mol. The highest BCUT2D eigenvalue weighted by atomic mass is 19.1. The summed E-state index contributed by atoms with van der Waals surface area (Å²) in [6.07, 6.45) is 0.965. The Morgan fingerprint density at radius 2 is 1.81 bits per heavy atom. The molecule has 0 aliphatic rings. The standard InChI is InChI=1S/C21H22FN3O/c1-14-4-8-18(13-20(14)22)23-21(26)11-7-17-5-9-19(10-6-17)25-16(3)12-15(2)24-25/h4-6,8-10,12-13H,7,11H2,1-3H3,(H,23,26). The van der Waals surface area contributed by atoms with Crippen LogP contribution in [0.1, 0.15) is 28.9 Å². The number of hydrogen-bond donors (Lipinski definition) is 1. The molecule has 1 aromatic heterocycles. The van der Waals surface area contributed by atoms with Crippen LogP contribution in [0.4, 0.5) is 10.1 Å². The van der Waals surface area contributed by atoms with E-state index in [4.69, 9.17) is 0 Å². The van der Waals surface area contributed by atoms with Crippen molar-refractivity contribution in [3.05, 3.63) is 76.9 Å². The molecule has 1 amide bonds. The molecule has 3 aromatic rings. The van der Waals surface area contributed by atoms with Crippen molar-refractivity contribution in [1.29, 1.82) is 0 Å². The first-order valence-electron chi connectivity index (χ1n) is 8.61. The second-order valence-electron chi connectivity index (χ2n) is 6.52. The maximum absolute atomic E-state index is 13.5. The van der Waals surface area contributed by atoms with E-state index in [1.165, 1.54) is 6.07 Å². The van der Waals surface area contributed by atoms with Gasteiger partial charge < -0.3 is 5.32 Å². The third-order valence-corrected chi connectivity index (χ3v) is 4.29. The first-order chi connectivity index (χ1) is 12.4. The first-order valence-corrected chi connectivity index (χ1v) is 8.61. The number of aromatic nitrogens is 2. The zero-order valence-corrected chi connectivity index (χ0v) is 15.2. The third kappa shape index (κ3) is 4.17. The number of rotatable bonds is 5. The van der Waals surface area contributed by atoms with Gasteiger partial charge in [0.05, 0.1) is 11.4 Å². The molecule has 1 N–H and O–H groups in total. The predicted octanol–water partition coefficient (Wildman–Crippen LogP) is 4.51. The normalized spacial score (nSPS) is 10.8. The number of benzene rings is 2. The van der Waals surface area contributed by atoms with Crippen LogP contribution in [0.5, 0.6) is 0 Å². The van der Waals surface area contributed by atoms with Crippen LogP contribution < -0.4 is 5.32 Å². The van der Waals surface area contributed by atoms with Gasteiger partial charge in [-0.1, -0.05) is 18.2 Å². The molecule has 2 aromatic carbocycles. The predicted molar refractivity (Wildman–Crippen MR) is 101 cm³/mol. The van der Waals surface area contributed by atoms with Gasteiger partial charge in [-0.25, -0.2) is 9.07 Å². The Hall–Kier alpha value is -2.95. The van der Waals surface area contributed by atoms with Crippen LogP contribution in [0.15, 0.2) is 48.5 Å². The van der Waals surface area contributed by atoms with Crippen LogP contribution in [-0.4, -0.2) is 15.7 Å². The topological polar surface area (TPSA) is 46.9 Å². The summed E-state index contributed by atoms with van der Waals surface area (Å²) in [5.41, 5.74) is 5.18. The van der Waals surface area contributed by atoms with Crippen molar-refractivity contribution in [2.24, 2.45) is 0 Å². The Balaban J connectivity index is 1.58. The van der Waals surface area contributed by atoms with E-state index < -0.39 is 0 Å². The van der Waals surface area contributed by atoms with Gasteiger partial charge in [-0.2, -0.15) is 5.10 Å². The van der Waals surface area contributed by atoms with E-state index in [-0.39, 0.29) is 11.7 Å². The fourth-order valence-corrected chi connectivity index (χ4v) is 2.85. The van der Waals surface area contributed by atoms with Gasteiger partial charge in [0, 0.05) is 17.8 Å². The summed E-state index contributed by atoms with van der Waals surface area (Å²) in [6.45, 7) is 5.68. The Morgan fingerprint density at radius 1 is 1.08 bits per heavy atom. The number of nitrogens with zero attached hydrogens (tertiary/aromatic N) is 2. The van der Waals surface area contributed by atoms with Crippen molar-refractivity contribution in [2.75, 3.05) is 5.32 Å². The lowest BCUT2D eigenvalue weighted by Gasteiger charge is -2.08. The highest BCUT2D eigenvalue weighted by molar-refractivity contribution is 5.90. The van der Waals surface area contributed by atoms with E-state index >= 15 is 0 Å². The molecule has 0 saturated heterocycles. The van der Waals surface area contributed by atoms with Crippen LogP contribution in [0.2, 0.25) is 0 Å². The number of amides is 1. The number of carbonyl (C=O) groups is 1. The molecule has 0 radical (unpaired) electrons. The molecule has 134 valence electrons. The summed E-state index contributed by atoms with van der Waals surface area (Å²) in [5.74, 6) is -0.446. The highest BCUT2D eigenvalue weighted by Gasteiger charge is 2.07. The Labute approximate surface area is 152 Å². The maximum atomic E-state index is 13.5. The van der Waals surface area contributed by atoms with Gasteiger partial charge in [-0.15, -0.1) is 0 Å². The lowest BCUT2D eigenvalue weighted by molar-refractivity contribution is -0.116. The number of aryl methyl sites for hydroxylation is 4. The lowest BCUT2D eigenvalue weighted by Crippen LogP contribution is -2.12. The fraction of sp³-hybridized carbons (Fsp3) is 0.238. The Kier molecular flexibility index (Phi) is 5.16. The van der Waals surface area contributed by atoms with E-state index in [0.29, 0.717) is 24.1 Å². The van der Waals surface area contributed by atoms with E-state index in [2.05, 4.69) is 10.4 Å². The monoisotopic (exact) mass is 351 g/mol. The molecule has 3 rings (SSSR count). The van der Waals surface area contributed by atoms with Gasteiger partial charge >= 0.3 is 0 Å². The molecule has 0 aliphatic carbocycles. The summed E-state index contributed by atoms with van der Waals surface area (Å²) in [5, 5.41) is 7.20. The molecule has 0 bridgehead atoms. The molecule has 0 unspecified atom stereocenters. The van der Waals surface area contributed by atoms with Crippen LogP contribution in [0, 0.1) is 26.6 Å². The Bertz CT molecular complexity index is 929. The molecule has 0 fully saturated rings. The smallest absolute Gasteiger partial charge is 0.224 e. The van der Waals surface area contributed by atoms with Gasteiger partial charge in [-0.05, 0) is 68.7 Å². The van der Waals surface area contributed by atoms with Crippen molar-refractivity contribution < 1.29 is 9.18 Å². The van der Waals surface area contributed by atoms with E-state index in [9.17, 15) is 9.18 Å². The van der Waals surface area contributed by atoms with Gasteiger partial charge in [0.2, 0.25) is 5.91 Å². The Morgan fingerprint density at radius 3 is 2.42 bits per heavy atom. The van der Waals surface area contributed by atoms with Crippen LogP contribution in [0.3, 0.4) is 0 Å². The quantitative estimate of drug-likeness (QED) is 0.735. The van der Waals surface area contributed by atoms with Gasteiger partial charge in [0.15, 0.2) is 0 Å². The molecular weight excluding hydrogens is 329 g/mol. The van der Waals surface area contributed by atoms with Crippen molar-refractivity contribution in [2.45, 2.75) is 33.6 Å². The second-order valence-corrected chi connectivity index (χ2v) is 6.52. The number of nitrogens with one attached hydrogen (secondary N) is 1. The van der Waals surface area contributed by atoms with E-state index in [1.807, 2.05) is 48.9 Å². The summed E-state index contributed by atoms with van der Waals surface area (Å²) < 4.78 is 15.4. The largest absolute Gasteiger partial charge is 0.326 e. The van der Waals surface area contributed by atoms with Gasteiger partial charge in [0.1, 0.15) is 5.82 Å². The van der Waals surface area contributed by atoms with E-state index in [1.54, 1.807) is 19.1 Å². The third-order valence-electron chi connectivity index (χ3n) is 4.29. The summed E-state index contributed by atoms with van der Waals surface area (Å²) in [7, 11) is 0.